The van der Waals surface area contributed by atoms with E-state index in [9.17, 15) is 13.2 Å². The molecule has 4 aromatic carbocycles. The second kappa shape index (κ2) is 9.09. The summed E-state index contributed by atoms with van der Waals surface area (Å²) < 4.78 is 23.8. The predicted molar refractivity (Wildman–Crippen MR) is 128 cm³/mol. The van der Waals surface area contributed by atoms with Gasteiger partial charge in [-0.25, -0.2) is 13.6 Å². The van der Waals surface area contributed by atoms with Crippen molar-refractivity contribution in [2.75, 3.05) is 5.32 Å². The Kier molecular flexibility index (Phi) is 6.05. The molecular weight excluding hydrogens is 434 g/mol. The zero-order valence-electron chi connectivity index (χ0n) is 17.4. The van der Waals surface area contributed by atoms with Crippen LogP contribution in [0.3, 0.4) is 0 Å². The summed E-state index contributed by atoms with van der Waals surface area (Å²) in [5, 5.41) is 17.2. The molecule has 0 saturated heterocycles. The summed E-state index contributed by atoms with van der Waals surface area (Å²) in [6.45, 7) is 0. The third-order valence-electron chi connectivity index (χ3n) is 5.14. The Balaban J connectivity index is 1.60. The van der Waals surface area contributed by atoms with Crippen LogP contribution in [0.5, 0.6) is 0 Å². The first-order valence-corrected chi connectivity index (χ1v) is 11.5. The SMILES string of the molecule is N#Cc1ccc(-c2ccccc2C(=O)Nc2ccc(-c3ccccc3S(N)(=O)=O)cc2)cc1. The molecule has 0 aliphatic carbocycles. The fourth-order valence-corrected chi connectivity index (χ4v) is 4.30. The van der Waals surface area contributed by atoms with E-state index in [1.54, 1.807) is 66.7 Å². The van der Waals surface area contributed by atoms with Crippen molar-refractivity contribution in [2.24, 2.45) is 5.14 Å². The van der Waals surface area contributed by atoms with Crippen LogP contribution < -0.4 is 10.5 Å². The van der Waals surface area contributed by atoms with Gasteiger partial charge >= 0.3 is 0 Å². The molecule has 33 heavy (non-hydrogen) atoms. The fourth-order valence-electron chi connectivity index (χ4n) is 3.54. The van der Waals surface area contributed by atoms with Crippen LogP contribution in [0.1, 0.15) is 15.9 Å². The Labute approximate surface area is 192 Å². The number of nitrogens with two attached hydrogens (primary N) is 1. The van der Waals surface area contributed by atoms with Crippen molar-refractivity contribution >= 4 is 21.6 Å². The highest BCUT2D eigenvalue weighted by Gasteiger charge is 2.16. The van der Waals surface area contributed by atoms with Crippen molar-refractivity contribution in [3.63, 3.8) is 0 Å². The lowest BCUT2D eigenvalue weighted by molar-refractivity contribution is 0.102. The number of benzene rings is 4. The minimum atomic E-state index is -3.87. The number of nitrogens with one attached hydrogen (secondary N) is 1. The molecular formula is C26H19N3O3S. The summed E-state index contributed by atoms with van der Waals surface area (Å²) in [4.78, 5) is 13.1. The Morgan fingerprint density at radius 3 is 1.94 bits per heavy atom. The van der Waals surface area contributed by atoms with Gasteiger partial charge in [0.1, 0.15) is 0 Å². The van der Waals surface area contributed by atoms with E-state index >= 15 is 0 Å². The quantitative estimate of drug-likeness (QED) is 0.452. The van der Waals surface area contributed by atoms with Crippen LogP contribution in [-0.4, -0.2) is 14.3 Å². The maximum absolute atomic E-state index is 13.0. The third kappa shape index (κ3) is 4.83. The van der Waals surface area contributed by atoms with Crippen LogP contribution in [0.4, 0.5) is 5.69 Å². The predicted octanol–water partition coefficient (Wildman–Crippen LogP) is 4.79. The molecule has 0 unspecified atom stereocenters. The molecule has 0 fully saturated rings. The standard InChI is InChI=1S/C26H19N3O3S/c27-17-18-9-11-19(12-10-18)22-5-1-2-7-24(22)26(30)29-21-15-13-20(14-16-21)23-6-3-4-8-25(23)33(28,31)32/h1-16H,(H,29,30)(H2,28,31,32). The highest BCUT2D eigenvalue weighted by molar-refractivity contribution is 7.89. The number of primary sulfonamides is 1. The summed E-state index contributed by atoms with van der Waals surface area (Å²) in [6, 6.07) is 29.7. The first-order chi connectivity index (χ1) is 15.9. The number of nitrogens with zero attached hydrogens (tertiary/aromatic N) is 1. The number of sulfonamides is 1. The van der Waals surface area contributed by atoms with Crippen molar-refractivity contribution in [1.82, 2.24) is 0 Å². The fraction of sp³-hybridized carbons (Fsp3) is 0. The van der Waals surface area contributed by atoms with Crippen LogP contribution in [0.15, 0.2) is 102 Å². The van der Waals surface area contributed by atoms with Crippen molar-refractivity contribution in [3.05, 3.63) is 108 Å². The van der Waals surface area contributed by atoms with Crippen LogP contribution in [-0.2, 0) is 10.0 Å². The smallest absolute Gasteiger partial charge is 0.256 e. The normalized spacial score (nSPS) is 10.9. The molecule has 6 nitrogen and oxygen atoms in total. The van der Waals surface area contributed by atoms with E-state index in [1.165, 1.54) is 6.07 Å². The molecule has 0 heterocycles. The Morgan fingerprint density at radius 2 is 1.30 bits per heavy atom. The number of carbonyl (C=O) groups excluding carboxylic acids is 1. The first-order valence-electron chi connectivity index (χ1n) is 10.00. The molecule has 7 heteroatoms. The monoisotopic (exact) mass is 453 g/mol. The van der Waals surface area contributed by atoms with E-state index in [0.29, 0.717) is 27.9 Å². The van der Waals surface area contributed by atoms with Crippen LogP contribution in [0.2, 0.25) is 0 Å². The molecule has 0 saturated carbocycles. The summed E-state index contributed by atoms with van der Waals surface area (Å²) in [6.07, 6.45) is 0. The molecule has 4 aromatic rings. The van der Waals surface area contributed by atoms with Gasteiger partial charge in [0.25, 0.3) is 5.91 Å². The Morgan fingerprint density at radius 1 is 0.758 bits per heavy atom. The summed E-state index contributed by atoms with van der Waals surface area (Å²) in [5.74, 6) is -0.285. The minimum Gasteiger partial charge on any atom is -0.322 e. The summed E-state index contributed by atoms with van der Waals surface area (Å²) in [5.41, 5.74) is 4.33. The first kappa shape index (κ1) is 22.0. The number of carbonyl (C=O) groups is 1. The van der Waals surface area contributed by atoms with Gasteiger partial charge in [0, 0.05) is 16.8 Å². The number of hydrogen-bond donors (Lipinski definition) is 2. The van der Waals surface area contributed by atoms with Gasteiger partial charge in [-0.05, 0) is 53.1 Å². The zero-order valence-corrected chi connectivity index (χ0v) is 18.2. The summed E-state index contributed by atoms with van der Waals surface area (Å²) >= 11 is 0. The Bertz CT molecular complexity index is 1470. The number of anilines is 1. The lowest BCUT2D eigenvalue weighted by Crippen LogP contribution is -2.13. The van der Waals surface area contributed by atoms with E-state index < -0.39 is 10.0 Å². The van der Waals surface area contributed by atoms with Crippen molar-refractivity contribution in [1.29, 1.82) is 5.26 Å². The van der Waals surface area contributed by atoms with Crippen LogP contribution in [0.25, 0.3) is 22.3 Å². The van der Waals surface area contributed by atoms with Gasteiger partial charge in [-0.15, -0.1) is 0 Å². The largest absolute Gasteiger partial charge is 0.322 e. The van der Waals surface area contributed by atoms with Crippen LogP contribution in [0, 0.1) is 11.3 Å². The highest BCUT2D eigenvalue weighted by Crippen LogP contribution is 2.28. The van der Waals surface area contributed by atoms with E-state index in [1.807, 2.05) is 24.3 Å². The van der Waals surface area contributed by atoms with E-state index in [4.69, 9.17) is 10.4 Å². The molecule has 4 rings (SSSR count). The average Bonchev–Trinajstić information content (AvgIpc) is 2.84. The zero-order chi connectivity index (χ0) is 23.4. The van der Waals surface area contributed by atoms with Gasteiger partial charge in [-0.3, -0.25) is 4.79 Å². The number of nitriles is 1. The van der Waals surface area contributed by atoms with Gasteiger partial charge in [0.15, 0.2) is 0 Å². The van der Waals surface area contributed by atoms with Crippen LogP contribution >= 0.6 is 0 Å². The maximum atomic E-state index is 13.0. The van der Waals surface area contributed by atoms with Crippen molar-refractivity contribution < 1.29 is 13.2 Å². The molecule has 0 bridgehead atoms. The number of hydrogen-bond acceptors (Lipinski definition) is 4. The average molecular weight is 454 g/mol. The molecule has 0 aromatic heterocycles. The Hall–Kier alpha value is -4.25. The molecule has 0 aliphatic rings. The molecule has 0 atom stereocenters. The van der Waals surface area contributed by atoms with E-state index in [0.717, 1.165) is 11.1 Å². The van der Waals surface area contributed by atoms with Crippen molar-refractivity contribution in [3.8, 4) is 28.3 Å². The van der Waals surface area contributed by atoms with Gasteiger partial charge in [0.2, 0.25) is 10.0 Å². The van der Waals surface area contributed by atoms with Gasteiger partial charge < -0.3 is 5.32 Å². The molecule has 3 N–H and O–H groups in total. The van der Waals surface area contributed by atoms with Gasteiger partial charge in [-0.1, -0.05) is 60.7 Å². The second-order valence-electron chi connectivity index (χ2n) is 7.31. The third-order valence-corrected chi connectivity index (χ3v) is 6.11. The molecule has 0 radical (unpaired) electrons. The number of rotatable bonds is 5. The van der Waals surface area contributed by atoms with Crippen molar-refractivity contribution in [2.45, 2.75) is 4.90 Å². The van der Waals surface area contributed by atoms with E-state index in [-0.39, 0.29) is 10.8 Å². The highest BCUT2D eigenvalue weighted by atomic mass is 32.2. The van der Waals surface area contributed by atoms with Gasteiger partial charge in [-0.2, -0.15) is 5.26 Å². The summed E-state index contributed by atoms with van der Waals surface area (Å²) in [7, 11) is -3.87. The molecule has 1 amide bonds. The van der Waals surface area contributed by atoms with Gasteiger partial charge in [0.05, 0.1) is 16.5 Å². The minimum absolute atomic E-state index is 0.0399. The second-order valence-corrected chi connectivity index (χ2v) is 8.84. The molecule has 162 valence electrons. The topological polar surface area (TPSA) is 113 Å². The molecule has 0 aliphatic heterocycles. The lowest BCUT2D eigenvalue weighted by atomic mass is 9.98. The van der Waals surface area contributed by atoms with E-state index in [2.05, 4.69) is 11.4 Å². The number of amides is 1. The lowest BCUT2D eigenvalue weighted by Gasteiger charge is -2.12. The molecule has 0 spiro atoms. The maximum Gasteiger partial charge on any atom is 0.256 e.